The van der Waals surface area contributed by atoms with Crippen LogP contribution in [0.1, 0.15) is 10.5 Å². The van der Waals surface area contributed by atoms with Crippen molar-refractivity contribution in [3.05, 3.63) is 11.9 Å². The van der Waals surface area contributed by atoms with E-state index in [4.69, 9.17) is 0 Å². The van der Waals surface area contributed by atoms with E-state index in [9.17, 15) is 9.36 Å². The van der Waals surface area contributed by atoms with Gasteiger partial charge in [-0.25, -0.2) is 0 Å². The van der Waals surface area contributed by atoms with Crippen molar-refractivity contribution in [1.29, 1.82) is 0 Å². The van der Waals surface area contributed by atoms with Gasteiger partial charge in [0, 0.05) is 21.3 Å². The molecule has 0 amide bonds. The summed E-state index contributed by atoms with van der Waals surface area (Å²) in [4.78, 5) is 11.5. The third-order valence-corrected chi connectivity index (χ3v) is 3.57. The molecular formula is C7H12N3O4P. The zero-order valence-electron chi connectivity index (χ0n) is 8.71. The number of hydrogen-bond donors (Lipinski definition) is 0. The Bertz CT molecular complexity index is 395. The van der Waals surface area contributed by atoms with E-state index in [1.165, 1.54) is 25.1 Å². The first kappa shape index (κ1) is 12.0. The standard InChI is InChI=1S/C7H12N3O4P/c1-10-4-6(8-9-10)7(11)5-15(12,13-2)14-3/h4H,5H2,1-3H3. The summed E-state index contributed by atoms with van der Waals surface area (Å²) in [7, 11) is 0.776. The average molecular weight is 233 g/mol. The molecule has 7 nitrogen and oxygen atoms in total. The highest BCUT2D eigenvalue weighted by atomic mass is 31.2. The molecule has 0 bridgehead atoms. The summed E-state index contributed by atoms with van der Waals surface area (Å²) in [5.74, 6) is -0.421. The molecule has 0 aliphatic carbocycles. The van der Waals surface area contributed by atoms with Crippen LogP contribution >= 0.6 is 7.60 Å². The lowest BCUT2D eigenvalue weighted by Crippen LogP contribution is -2.08. The molecule has 1 rings (SSSR count). The van der Waals surface area contributed by atoms with Crippen molar-refractivity contribution in [3.63, 3.8) is 0 Å². The summed E-state index contributed by atoms with van der Waals surface area (Å²) in [5.41, 5.74) is 0.145. The topological polar surface area (TPSA) is 83.3 Å². The van der Waals surface area contributed by atoms with Crippen LogP contribution in [0.25, 0.3) is 0 Å². The molecule has 0 atom stereocenters. The number of carbonyl (C=O) groups excluding carboxylic acids is 1. The van der Waals surface area contributed by atoms with Crippen LogP contribution in [0, 0.1) is 0 Å². The maximum atomic E-state index is 11.6. The highest BCUT2D eigenvalue weighted by molar-refractivity contribution is 7.54. The lowest BCUT2D eigenvalue weighted by atomic mass is 10.3. The van der Waals surface area contributed by atoms with Crippen LogP contribution in [-0.4, -0.2) is 41.2 Å². The highest BCUT2D eigenvalue weighted by Crippen LogP contribution is 2.46. The van der Waals surface area contributed by atoms with E-state index in [0.717, 1.165) is 0 Å². The molecule has 84 valence electrons. The monoisotopic (exact) mass is 233 g/mol. The van der Waals surface area contributed by atoms with Gasteiger partial charge in [-0.05, 0) is 0 Å². The van der Waals surface area contributed by atoms with Gasteiger partial charge in [0.15, 0.2) is 5.78 Å². The first-order valence-corrected chi connectivity index (χ1v) is 5.83. The van der Waals surface area contributed by atoms with E-state index >= 15 is 0 Å². The number of Topliss-reactive ketones (excluding diaryl/α,β-unsaturated/α-hetero) is 1. The summed E-state index contributed by atoms with van der Waals surface area (Å²) in [6.45, 7) is 0. The maximum absolute atomic E-state index is 11.6. The number of aryl methyl sites for hydroxylation is 1. The Labute approximate surface area is 86.9 Å². The third-order valence-electron chi connectivity index (χ3n) is 1.78. The molecule has 1 aromatic heterocycles. The molecule has 0 N–H and O–H groups in total. The van der Waals surface area contributed by atoms with Gasteiger partial charge in [-0.1, -0.05) is 5.21 Å². The molecule has 8 heteroatoms. The van der Waals surface area contributed by atoms with Crippen molar-refractivity contribution in [2.24, 2.45) is 7.05 Å². The third kappa shape index (κ3) is 2.95. The minimum absolute atomic E-state index is 0.145. The van der Waals surface area contributed by atoms with Crippen molar-refractivity contribution < 1.29 is 18.4 Å². The molecule has 0 unspecified atom stereocenters. The molecule has 0 saturated heterocycles. The largest absolute Gasteiger partial charge is 0.337 e. The summed E-state index contributed by atoms with van der Waals surface area (Å²) in [5, 5.41) is 7.19. The van der Waals surface area contributed by atoms with Gasteiger partial charge in [0.1, 0.15) is 11.9 Å². The second-order valence-corrected chi connectivity index (χ2v) is 5.10. The molecule has 0 aliphatic rings. The Kier molecular flexibility index (Phi) is 3.73. The zero-order chi connectivity index (χ0) is 11.5. The Morgan fingerprint density at radius 3 is 2.53 bits per heavy atom. The summed E-state index contributed by atoms with van der Waals surface area (Å²) in [6.07, 6.45) is 1.11. The quantitative estimate of drug-likeness (QED) is 0.543. The van der Waals surface area contributed by atoms with Crippen LogP contribution in [0.5, 0.6) is 0 Å². The molecular weight excluding hydrogens is 221 g/mol. The first-order chi connectivity index (χ1) is 7.00. The first-order valence-electron chi connectivity index (χ1n) is 4.11. The van der Waals surface area contributed by atoms with E-state index < -0.39 is 13.4 Å². The number of aromatic nitrogens is 3. The molecule has 0 saturated carbocycles. The fourth-order valence-corrected chi connectivity index (χ4v) is 1.86. The van der Waals surface area contributed by atoms with Gasteiger partial charge in [-0.15, -0.1) is 5.10 Å². The predicted octanol–water partition coefficient (Wildman–Crippen LogP) is 0.484. The van der Waals surface area contributed by atoms with Crippen LogP contribution in [0.3, 0.4) is 0 Å². The minimum atomic E-state index is -3.32. The second kappa shape index (κ2) is 4.65. The summed E-state index contributed by atoms with van der Waals surface area (Å²) in [6, 6.07) is 0. The fraction of sp³-hybridized carbons (Fsp3) is 0.571. The molecule has 0 fully saturated rings. The molecule has 1 aromatic rings. The highest BCUT2D eigenvalue weighted by Gasteiger charge is 2.27. The van der Waals surface area contributed by atoms with Gasteiger partial charge >= 0.3 is 7.60 Å². The van der Waals surface area contributed by atoms with Gasteiger partial charge in [0.25, 0.3) is 0 Å². The van der Waals surface area contributed by atoms with Crippen LogP contribution < -0.4 is 0 Å². The van der Waals surface area contributed by atoms with Gasteiger partial charge in [-0.3, -0.25) is 14.0 Å². The van der Waals surface area contributed by atoms with E-state index in [1.807, 2.05) is 0 Å². The lowest BCUT2D eigenvalue weighted by molar-refractivity contribution is 0.100. The van der Waals surface area contributed by atoms with Gasteiger partial charge in [0.05, 0.1) is 6.20 Å². The average Bonchev–Trinajstić information content (AvgIpc) is 2.65. The van der Waals surface area contributed by atoms with Crippen molar-refractivity contribution >= 4 is 13.4 Å². The zero-order valence-corrected chi connectivity index (χ0v) is 9.60. The van der Waals surface area contributed by atoms with E-state index in [0.29, 0.717) is 0 Å². The normalized spacial score (nSPS) is 11.7. The Balaban J connectivity index is 2.75. The van der Waals surface area contributed by atoms with Crippen molar-refractivity contribution in [3.8, 4) is 0 Å². The number of nitrogens with zero attached hydrogens (tertiary/aromatic N) is 3. The summed E-state index contributed by atoms with van der Waals surface area (Å²) >= 11 is 0. The molecule has 0 radical (unpaired) electrons. The molecule has 15 heavy (non-hydrogen) atoms. The van der Waals surface area contributed by atoms with Crippen LogP contribution in [0.15, 0.2) is 6.20 Å². The molecule has 0 aromatic carbocycles. The molecule has 0 spiro atoms. The second-order valence-electron chi connectivity index (χ2n) is 2.83. The lowest BCUT2D eigenvalue weighted by Gasteiger charge is -2.11. The van der Waals surface area contributed by atoms with E-state index in [-0.39, 0.29) is 11.9 Å². The Hall–Kier alpha value is -1.04. The van der Waals surface area contributed by atoms with Gasteiger partial charge in [-0.2, -0.15) is 0 Å². The van der Waals surface area contributed by atoms with Crippen molar-refractivity contribution in [1.82, 2.24) is 15.0 Å². The maximum Gasteiger partial charge on any atom is 0.337 e. The smallest absolute Gasteiger partial charge is 0.312 e. The van der Waals surface area contributed by atoms with Crippen LogP contribution in [0.2, 0.25) is 0 Å². The number of ketones is 1. The Morgan fingerprint density at radius 2 is 2.13 bits per heavy atom. The SMILES string of the molecule is COP(=O)(CC(=O)c1cn(C)nn1)OC. The fourth-order valence-electron chi connectivity index (χ4n) is 0.936. The molecule has 1 heterocycles. The number of carbonyl (C=O) groups is 1. The van der Waals surface area contributed by atoms with Crippen LogP contribution in [0.4, 0.5) is 0 Å². The van der Waals surface area contributed by atoms with Gasteiger partial charge in [0.2, 0.25) is 0 Å². The minimum Gasteiger partial charge on any atom is -0.312 e. The van der Waals surface area contributed by atoms with E-state index in [2.05, 4.69) is 19.4 Å². The number of hydrogen-bond acceptors (Lipinski definition) is 6. The van der Waals surface area contributed by atoms with E-state index in [1.54, 1.807) is 7.05 Å². The predicted molar refractivity (Wildman–Crippen MR) is 51.8 cm³/mol. The van der Waals surface area contributed by atoms with Crippen LogP contribution in [-0.2, 0) is 20.7 Å². The number of rotatable bonds is 5. The van der Waals surface area contributed by atoms with Gasteiger partial charge < -0.3 is 9.05 Å². The van der Waals surface area contributed by atoms with Crippen molar-refractivity contribution in [2.75, 3.05) is 20.4 Å². The summed E-state index contributed by atoms with van der Waals surface area (Å²) < 4.78 is 22.3. The Morgan fingerprint density at radius 1 is 1.53 bits per heavy atom. The molecule has 0 aliphatic heterocycles. The van der Waals surface area contributed by atoms with Crippen molar-refractivity contribution in [2.45, 2.75) is 0 Å².